The number of carbonyl (C=O) groups is 1. The molecule has 1 amide bonds. The zero-order valence-electron chi connectivity index (χ0n) is 15.0. The van der Waals surface area contributed by atoms with E-state index in [1.165, 1.54) is 6.07 Å². The van der Waals surface area contributed by atoms with Crippen LogP contribution in [0.2, 0.25) is 0 Å². The molecule has 3 aliphatic rings. The number of piperazine rings is 1. The number of hydrogen-bond acceptors (Lipinski definition) is 6. The normalized spacial score (nSPS) is 22.2. The average molecular weight is 348 g/mol. The van der Waals surface area contributed by atoms with Crippen molar-refractivity contribution in [2.24, 2.45) is 0 Å². The third-order valence-electron chi connectivity index (χ3n) is 4.61. The first-order valence-corrected chi connectivity index (χ1v) is 8.42. The highest BCUT2D eigenvalue weighted by Crippen LogP contribution is 2.40. The first-order valence-electron chi connectivity index (χ1n) is 8.42. The quantitative estimate of drug-likeness (QED) is 0.667. The number of rotatable bonds is 3. The zero-order chi connectivity index (χ0) is 18.4. The first kappa shape index (κ1) is 17.3. The van der Waals surface area contributed by atoms with E-state index >= 15 is 0 Å². The third-order valence-corrected chi connectivity index (χ3v) is 4.61. The molecule has 2 unspecified atom stereocenters. The lowest BCUT2D eigenvalue weighted by Gasteiger charge is -2.56. The van der Waals surface area contributed by atoms with Crippen molar-refractivity contribution < 1.29 is 14.5 Å². The summed E-state index contributed by atoms with van der Waals surface area (Å²) in [6.07, 6.45) is 0.667. The van der Waals surface area contributed by atoms with Gasteiger partial charge in [0.15, 0.2) is 0 Å². The van der Waals surface area contributed by atoms with Crippen LogP contribution in [-0.2, 0) is 4.74 Å². The van der Waals surface area contributed by atoms with E-state index in [0.717, 1.165) is 12.1 Å². The van der Waals surface area contributed by atoms with Gasteiger partial charge in [0.1, 0.15) is 11.3 Å². The lowest BCUT2D eigenvalue weighted by Crippen LogP contribution is -2.70. The van der Waals surface area contributed by atoms with E-state index in [-0.39, 0.29) is 28.8 Å². The zero-order valence-corrected chi connectivity index (χ0v) is 15.0. The van der Waals surface area contributed by atoms with Gasteiger partial charge in [-0.1, -0.05) is 6.07 Å². The molecule has 2 bridgehead atoms. The maximum absolute atomic E-state index is 12.3. The number of benzene rings is 1. The molecule has 136 valence electrons. The molecular weight excluding hydrogens is 324 g/mol. The van der Waals surface area contributed by atoms with Crippen LogP contribution >= 0.6 is 0 Å². The molecule has 4 rings (SSSR count). The lowest BCUT2D eigenvalue weighted by molar-refractivity contribution is -0.383. The fourth-order valence-electron chi connectivity index (χ4n) is 3.62. The SMILES string of the molecule is CNc1c(N2CC3CC(C2)N3C(=O)OC(C)(C)C)cccc1[N+](=O)[O-]. The van der Waals surface area contributed by atoms with E-state index in [1.807, 2.05) is 26.8 Å². The number of nitrogens with one attached hydrogen (secondary N) is 1. The van der Waals surface area contributed by atoms with Gasteiger partial charge in [-0.05, 0) is 33.3 Å². The summed E-state index contributed by atoms with van der Waals surface area (Å²) in [6.45, 7) is 6.86. The Kier molecular flexibility index (Phi) is 4.22. The molecule has 8 nitrogen and oxygen atoms in total. The summed E-state index contributed by atoms with van der Waals surface area (Å²) < 4.78 is 5.48. The Bertz CT molecular complexity index is 688. The van der Waals surface area contributed by atoms with Gasteiger partial charge in [-0.2, -0.15) is 0 Å². The second-order valence-electron chi connectivity index (χ2n) is 7.51. The smallest absolute Gasteiger partial charge is 0.410 e. The molecule has 0 saturated carbocycles. The van der Waals surface area contributed by atoms with E-state index in [1.54, 1.807) is 18.0 Å². The van der Waals surface area contributed by atoms with E-state index in [4.69, 9.17) is 4.74 Å². The van der Waals surface area contributed by atoms with Crippen LogP contribution in [0.5, 0.6) is 0 Å². The standard InChI is InChI=1S/C17H24N4O4/c1-17(2,3)25-16(22)20-11-8-12(20)10-19(9-11)13-6-5-7-14(21(23)24)15(13)18-4/h5-7,11-12,18H,8-10H2,1-4H3. The second-order valence-corrected chi connectivity index (χ2v) is 7.51. The minimum absolute atomic E-state index is 0.0586. The molecule has 25 heavy (non-hydrogen) atoms. The van der Waals surface area contributed by atoms with Gasteiger partial charge in [0, 0.05) is 26.2 Å². The Balaban J connectivity index is 1.77. The molecule has 3 aliphatic heterocycles. The van der Waals surface area contributed by atoms with Crippen molar-refractivity contribution >= 4 is 23.2 Å². The number of para-hydroxylation sites is 1. The largest absolute Gasteiger partial charge is 0.444 e. The predicted octanol–water partition coefficient (Wildman–Crippen LogP) is 2.83. The number of nitrogens with zero attached hydrogens (tertiary/aromatic N) is 3. The van der Waals surface area contributed by atoms with Crippen LogP contribution in [0.4, 0.5) is 21.9 Å². The highest BCUT2D eigenvalue weighted by atomic mass is 16.6. The van der Waals surface area contributed by atoms with Crippen LogP contribution in [0.3, 0.4) is 0 Å². The van der Waals surface area contributed by atoms with Crippen LogP contribution in [-0.4, -0.2) is 53.7 Å². The molecule has 8 heteroatoms. The lowest BCUT2D eigenvalue weighted by atomic mass is 9.87. The number of fused-ring (bicyclic) bond motifs is 2. The molecule has 3 heterocycles. The molecule has 1 N–H and O–H groups in total. The van der Waals surface area contributed by atoms with Crippen molar-refractivity contribution in [3.05, 3.63) is 28.3 Å². The topological polar surface area (TPSA) is 88.0 Å². The summed E-state index contributed by atoms with van der Waals surface area (Å²) in [5.41, 5.74) is 0.858. The Hall–Kier alpha value is -2.51. The Morgan fingerprint density at radius 3 is 2.48 bits per heavy atom. The second kappa shape index (κ2) is 6.09. The van der Waals surface area contributed by atoms with Crippen LogP contribution in [0.15, 0.2) is 18.2 Å². The average Bonchev–Trinajstić information content (AvgIpc) is 2.52. The van der Waals surface area contributed by atoms with E-state index in [9.17, 15) is 14.9 Å². The van der Waals surface area contributed by atoms with Crippen molar-refractivity contribution in [1.29, 1.82) is 0 Å². The molecule has 3 saturated heterocycles. The van der Waals surface area contributed by atoms with E-state index in [0.29, 0.717) is 18.8 Å². The minimum atomic E-state index is -0.514. The summed E-state index contributed by atoms with van der Waals surface area (Å²) >= 11 is 0. The highest BCUT2D eigenvalue weighted by Gasteiger charge is 2.49. The van der Waals surface area contributed by atoms with Crippen LogP contribution < -0.4 is 10.2 Å². The fourth-order valence-corrected chi connectivity index (χ4v) is 3.62. The maximum atomic E-state index is 12.3. The van der Waals surface area contributed by atoms with Gasteiger partial charge in [-0.25, -0.2) is 4.79 Å². The number of piperidine rings is 1. The molecule has 0 spiro atoms. The number of nitro benzene ring substituents is 1. The minimum Gasteiger partial charge on any atom is -0.444 e. The number of amides is 1. The molecule has 0 aromatic heterocycles. The van der Waals surface area contributed by atoms with Crippen molar-refractivity contribution in [1.82, 2.24) is 4.90 Å². The summed E-state index contributed by atoms with van der Waals surface area (Å²) in [6, 6.07) is 5.23. The Labute approximate surface area is 146 Å². The molecular formula is C17H24N4O4. The third kappa shape index (κ3) is 3.20. The predicted molar refractivity (Wildman–Crippen MR) is 95.1 cm³/mol. The Morgan fingerprint density at radius 1 is 1.32 bits per heavy atom. The van der Waals surface area contributed by atoms with Gasteiger partial charge in [0.25, 0.3) is 5.69 Å². The van der Waals surface area contributed by atoms with Gasteiger partial charge >= 0.3 is 6.09 Å². The number of hydrogen-bond donors (Lipinski definition) is 1. The molecule has 0 aliphatic carbocycles. The van der Waals surface area contributed by atoms with Crippen molar-refractivity contribution in [3.63, 3.8) is 0 Å². The summed E-state index contributed by atoms with van der Waals surface area (Å²) in [5, 5.41) is 14.2. The van der Waals surface area contributed by atoms with Crippen molar-refractivity contribution in [2.45, 2.75) is 44.9 Å². The van der Waals surface area contributed by atoms with Crippen LogP contribution in [0.25, 0.3) is 0 Å². The molecule has 2 atom stereocenters. The van der Waals surface area contributed by atoms with Gasteiger partial charge in [-0.3, -0.25) is 15.0 Å². The van der Waals surface area contributed by atoms with Crippen molar-refractivity contribution in [2.75, 3.05) is 30.4 Å². The van der Waals surface area contributed by atoms with Gasteiger partial charge < -0.3 is 15.0 Å². The maximum Gasteiger partial charge on any atom is 0.410 e. The van der Waals surface area contributed by atoms with Crippen LogP contribution in [0, 0.1) is 10.1 Å². The van der Waals surface area contributed by atoms with Crippen LogP contribution in [0.1, 0.15) is 27.2 Å². The van der Waals surface area contributed by atoms with Gasteiger partial charge in [-0.15, -0.1) is 0 Å². The Morgan fingerprint density at radius 2 is 1.96 bits per heavy atom. The monoisotopic (exact) mass is 348 g/mol. The number of anilines is 2. The van der Waals surface area contributed by atoms with E-state index < -0.39 is 5.60 Å². The highest BCUT2D eigenvalue weighted by molar-refractivity contribution is 5.80. The summed E-state index contributed by atoms with van der Waals surface area (Å²) in [7, 11) is 1.68. The van der Waals surface area contributed by atoms with E-state index in [2.05, 4.69) is 10.2 Å². The molecule has 0 radical (unpaired) electrons. The fraction of sp³-hybridized carbons (Fsp3) is 0.588. The molecule has 1 aromatic rings. The molecule has 1 aromatic carbocycles. The van der Waals surface area contributed by atoms with Gasteiger partial charge in [0.05, 0.1) is 22.7 Å². The van der Waals surface area contributed by atoms with Gasteiger partial charge in [0.2, 0.25) is 0 Å². The molecule has 3 fully saturated rings. The van der Waals surface area contributed by atoms with Crippen molar-refractivity contribution in [3.8, 4) is 0 Å². The number of carbonyl (C=O) groups excluding carboxylic acids is 1. The summed E-state index contributed by atoms with van der Waals surface area (Å²) in [5.74, 6) is 0. The summed E-state index contributed by atoms with van der Waals surface area (Å²) in [4.78, 5) is 27.1. The first-order chi connectivity index (χ1) is 11.7. The number of nitro groups is 1. The number of ether oxygens (including phenoxy) is 1.